The summed E-state index contributed by atoms with van der Waals surface area (Å²) in [7, 11) is 0. The number of carboxylic acids is 1. The Hall–Kier alpha value is -1.42. The molecule has 1 amide bonds. The second-order valence-corrected chi connectivity index (χ2v) is 6.30. The Bertz CT molecular complexity index is 546. The monoisotopic (exact) mass is 397 g/mol. The Labute approximate surface area is 152 Å². The van der Waals surface area contributed by atoms with E-state index in [1.165, 1.54) is 0 Å². The molecule has 156 valence electrons. The number of hydrogen-bond donors (Lipinski definition) is 8. The van der Waals surface area contributed by atoms with Gasteiger partial charge in [-0.05, 0) is 0 Å². The zero-order chi connectivity index (χ0) is 20.5. The van der Waals surface area contributed by atoms with E-state index >= 15 is 0 Å². The molecule has 0 bridgehead atoms. The number of carbonyl (C=O) groups is 2. The molecule has 2 rings (SSSR count). The molecule has 0 saturated carbocycles. The van der Waals surface area contributed by atoms with Gasteiger partial charge in [-0.25, -0.2) is 4.79 Å². The summed E-state index contributed by atoms with van der Waals surface area (Å²) in [5.41, 5.74) is 0. The van der Waals surface area contributed by atoms with E-state index in [9.17, 15) is 45.3 Å². The molecule has 13 heteroatoms. The number of amides is 1. The van der Waals surface area contributed by atoms with Crippen LogP contribution in [0, 0.1) is 0 Å². The van der Waals surface area contributed by atoms with Crippen molar-refractivity contribution in [1.82, 2.24) is 5.32 Å². The first kappa shape index (κ1) is 21.9. The molecule has 2 aliphatic rings. The van der Waals surface area contributed by atoms with Crippen molar-refractivity contribution >= 4 is 11.9 Å². The maximum atomic E-state index is 11.4. The largest absolute Gasteiger partial charge is 0.479 e. The first-order chi connectivity index (χ1) is 12.6. The summed E-state index contributed by atoms with van der Waals surface area (Å²) in [6, 6.07) is -1.40. The molecule has 0 aromatic carbocycles. The topological polar surface area (TPSA) is 215 Å². The van der Waals surface area contributed by atoms with Gasteiger partial charge in [0.2, 0.25) is 5.91 Å². The highest BCUT2D eigenvalue weighted by Gasteiger charge is 2.52. The van der Waals surface area contributed by atoms with Gasteiger partial charge in [0, 0.05) is 6.92 Å². The van der Waals surface area contributed by atoms with Crippen LogP contribution in [-0.2, 0) is 23.8 Å². The zero-order valence-corrected chi connectivity index (χ0v) is 14.2. The lowest BCUT2D eigenvalue weighted by Gasteiger charge is -2.46. The maximum Gasteiger partial charge on any atom is 0.335 e. The van der Waals surface area contributed by atoms with Crippen molar-refractivity contribution in [2.24, 2.45) is 0 Å². The van der Waals surface area contributed by atoms with E-state index in [1.807, 2.05) is 0 Å². The minimum atomic E-state index is -1.99. The number of aliphatic hydroxyl groups is 6. The van der Waals surface area contributed by atoms with Crippen LogP contribution in [0.3, 0.4) is 0 Å². The van der Waals surface area contributed by atoms with E-state index in [1.54, 1.807) is 0 Å². The van der Waals surface area contributed by atoms with Crippen LogP contribution in [0.2, 0.25) is 0 Å². The molecule has 27 heavy (non-hydrogen) atoms. The van der Waals surface area contributed by atoms with E-state index in [0.29, 0.717) is 0 Å². The average molecular weight is 397 g/mol. The Morgan fingerprint density at radius 1 is 1.00 bits per heavy atom. The molecular weight excluding hydrogens is 374 g/mol. The van der Waals surface area contributed by atoms with Gasteiger partial charge in [0.25, 0.3) is 0 Å². The van der Waals surface area contributed by atoms with Crippen molar-refractivity contribution in [2.45, 2.75) is 68.3 Å². The number of nitrogens with one attached hydrogen (secondary N) is 1. The molecule has 2 saturated heterocycles. The summed E-state index contributed by atoms with van der Waals surface area (Å²) in [5.74, 6) is -2.27. The fourth-order valence-corrected chi connectivity index (χ4v) is 2.94. The van der Waals surface area contributed by atoms with Crippen molar-refractivity contribution in [3.63, 3.8) is 0 Å². The number of ether oxygens (including phenoxy) is 3. The molecule has 0 aliphatic carbocycles. The molecule has 2 fully saturated rings. The number of hydrogen-bond acceptors (Lipinski definition) is 11. The Morgan fingerprint density at radius 3 is 2.15 bits per heavy atom. The van der Waals surface area contributed by atoms with Crippen molar-refractivity contribution in [2.75, 3.05) is 6.61 Å². The highest BCUT2D eigenvalue weighted by Crippen LogP contribution is 2.28. The van der Waals surface area contributed by atoms with Crippen LogP contribution in [0.4, 0.5) is 0 Å². The highest BCUT2D eigenvalue weighted by molar-refractivity contribution is 5.74. The lowest BCUT2D eigenvalue weighted by atomic mass is 9.95. The van der Waals surface area contributed by atoms with E-state index in [4.69, 9.17) is 14.2 Å². The molecule has 10 atom stereocenters. The molecule has 0 unspecified atom stereocenters. The van der Waals surface area contributed by atoms with Gasteiger partial charge in [-0.15, -0.1) is 0 Å². The van der Waals surface area contributed by atoms with Crippen LogP contribution in [0.1, 0.15) is 6.92 Å². The average Bonchev–Trinajstić information content (AvgIpc) is 2.60. The third kappa shape index (κ3) is 4.53. The van der Waals surface area contributed by atoms with Crippen LogP contribution in [-0.4, -0.2) is 116 Å². The van der Waals surface area contributed by atoms with Gasteiger partial charge in [0.15, 0.2) is 18.7 Å². The summed E-state index contributed by atoms with van der Waals surface area (Å²) in [4.78, 5) is 22.7. The lowest BCUT2D eigenvalue weighted by molar-refractivity contribution is -0.335. The smallest absolute Gasteiger partial charge is 0.335 e. The zero-order valence-electron chi connectivity index (χ0n) is 14.2. The number of carboxylic acid groups (broad SMARTS) is 1. The van der Waals surface area contributed by atoms with Gasteiger partial charge in [-0.3, -0.25) is 4.79 Å². The van der Waals surface area contributed by atoms with Gasteiger partial charge < -0.3 is 55.3 Å². The normalized spacial score (nSPS) is 45.3. The molecular formula is C14H23NO12. The third-order valence-electron chi connectivity index (χ3n) is 4.35. The van der Waals surface area contributed by atoms with Crippen LogP contribution in [0.15, 0.2) is 0 Å². The van der Waals surface area contributed by atoms with Crippen LogP contribution < -0.4 is 5.32 Å². The van der Waals surface area contributed by atoms with Crippen LogP contribution in [0.5, 0.6) is 0 Å². The maximum absolute atomic E-state index is 11.4. The van der Waals surface area contributed by atoms with Crippen molar-refractivity contribution in [1.29, 1.82) is 0 Å². The van der Waals surface area contributed by atoms with Gasteiger partial charge >= 0.3 is 5.97 Å². The molecule has 0 spiro atoms. The first-order valence-electron chi connectivity index (χ1n) is 8.06. The fraction of sp³-hybridized carbons (Fsp3) is 0.857. The molecule has 0 aromatic heterocycles. The summed E-state index contributed by atoms with van der Waals surface area (Å²) in [5, 5.41) is 70.1. The Kier molecular flexibility index (Phi) is 7.07. The molecule has 0 aromatic rings. The van der Waals surface area contributed by atoms with E-state index < -0.39 is 79.8 Å². The van der Waals surface area contributed by atoms with E-state index in [2.05, 4.69) is 5.32 Å². The van der Waals surface area contributed by atoms with Gasteiger partial charge in [0.1, 0.15) is 42.7 Å². The predicted octanol–water partition coefficient (Wildman–Crippen LogP) is -5.16. The molecule has 0 radical (unpaired) electrons. The van der Waals surface area contributed by atoms with E-state index in [-0.39, 0.29) is 0 Å². The minimum absolute atomic E-state index is 0.642. The van der Waals surface area contributed by atoms with Crippen LogP contribution in [0.25, 0.3) is 0 Å². The van der Waals surface area contributed by atoms with Crippen molar-refractivity contribution < 1.29 is 59.5 Å². The lowest BCUT2D eigenvalue weighted by Crippen LogP contribution is -2.67. The Morgan fingerprint density at radius 2 is 1.63 bits per heavy atom. The standard InChI is InChI=1S/C14H23NO12/c1-3(17)15-5-7(19)6(18)4(2-16)25-14(5)27-10-8(20)9(21)13(24)26-11(10)12(22)23/h4-11,13-14,16,18-21,24H,2H2,1H3,(H,15,17)(H,22,23)/t4-,5-,6-,7-,8-,9-,10+,11+,13-,14+/m1/s1. The van der Waals surface area contributed by atoms with Crippen molar-refractivity contribution in [3.05, 3.63) is 0 Å². The SMILES string of the molecule is CC(=O)N[C@H]1[C@H](O[C@H]2[C@H](O)[C@@H](O)[C@H](O)O[C@@H]2C(=O)O)O[C@H](CO)[C@@H](O)[C@@H]1O. The minimum Gasteiger partial charge on any atom is -0.479 e. The summed E-state index contributed by atoms with van der Waals surface area (Å²) < 4.78 is 15.3. The number of carbonyl (C=O) groups excluding carboxylic acids is 1. The highest BCUT2D eigenvalue weighted by atomic mass is 16.7. The fourth-order valence-electron chi connectivity index (χ4n) is 2.94. The second-order valence-electron chi connectivity index (χ2n) is 6.30. The number of aliphatic carboxylic acids is 1. The molecule has 13 nitrogen and oxygen atoms in total. The molecule has 2 heterocycles. The molecule has 8 N–H and O–H groups in total. The quantitative estimate of drug-likeness (QED) is 0.218. The summed E-state index contributed by atoms with van der Waals surface area (Å²) in [6.45, 7) is 0.366. The second kappa shape index (κ2) is 8.72. The molecule has 2 aliphatic heterocycles. The van der Waals surface area contributed by atoms with Crippen molar-refractivity contribution in [3.8, 4) is 0 Å². The summed E-state index contributed by atoms with van der Waals surface area (Å²) >= 11 is 0. The van der Waals surface area contributed by atoms with Crippen LogP contribution >= 0.6 is 0 Å². The van der Waals surface area contributed by atoms with Gasteiger partial charge in [-0.2, -0.15) is 0 Å². The van der Waals surface area contributed by atoms with Gasteiger partial charge in [0.05, 0.1) is 6.61 Å². The summed E-state index contributed by atoms with van der Waals surface area (Å²) in [6.07, 6.45) is -15.7. The first-order valence-corrected chi connectivity index (χ1v) is 8.06. The number of rotatable bonds is 5. The Balaban J connectivity index is 2.28. The number of aliphatic hydroxyl groups excluding tert-OH is 6. The predicted molar refractivity (Wildman–Crippen MR) is 80.8 cm³/mol. The van der Waals surface area contributed by atoms with E-state index in [0.717, 1.165) is 6.92 Å². The third-order valence-corrected chi connectivity index (χ3v) is 4.35. The van der Waals surface area contributed by atoms with Gasteiger partial charge in [-0.1, -0.05) is 0 Å².